The lowest BCUT2D eigenvalue weighted by Crippen LogP contribution is -2.18. The zero-order valence-corrected chi connectivity index (χ0v) is 14.2. The molecule has 3 nitrogen and oxygen atoms in total. The van der Waals surface area contributed by atoms with Crippen LogP contribution >= 0.6 is 31.9 Å². The van der Waals surface area contributed by atoms with Crippen LogP contribution in [-0.4, -0.2) is 10.5 Å². The first kappa shape index (κ1) is 14.4. The number of nitrogens with zero attached hydrogens (tertiary/aromatic N) is 1. The topological polar surface area (TPSA) is 34.0 Å². The van der Waals surface area contributed by atoms with E-state index in [1.165, 1.54) is 0 Å². The van der Waals surface area contributed by atoms with Crippen molar-refractivity contribution in [3.05, 3.63) is 63.7 Å². The Morgan fingerprint density at radius 3 is 2.48 bits per heavy atom. The van der Waals surface area contributed by atoms with Crippen molar-refractivity contribution in [2.24, 2.45) is 0 Å². The second-order valence-electron chi connectivity index (χ2n) is 4.70. The van der Waals surface area contributed by atoms with Gasteiger partial charge in [-0.25, -0.2) is 0 Å². The van der Waals surface area contributed by atoms with Crippen molar-refractivity contribution < 1.29 is 4.79 Å². The molecule has 0 aliphatic rings. The minimum Gasteiger partial charge on any atom is -0.338 e. The minimum atomic E-state index is -0.0438. The number of halogens is 2. The number of fused-ring (bicyclic) bond motifs is 1. The molecule has 0 aliphatic carbocycles. The third-order valence-corrected chi connectivity index (χ3v) is 4.20. The van der Waals surface area contributed by atoms with E-state index in [9.17, 15) is 4.79 Å². The van der Waals surface area contributed by atoms with E-state index in [0.29, 0.717) is 6.54 Å². The molecule has 0 spiro atoms. The number of rotatable bonds is 3. The van der Waals surface area contributed by atoms with Gasteiger partial charge in [0.25, 0.3) is 0 Å². The second kappa shape index (κ2) is 6.03. The van der Waals surface area contributed by atoms with Crippen molar-refractivity contribution in [1.29, 1.82) is 0 Å². The molecule has 0 unspecified atom stereocenters. The van der Waals surface area contributed by atoms with Gasteiger partial charge in [0.1, 0.15) is 6.54 Å². The molecule has 1 amide bonds. The predicted octanol–water partition coefficient (Wildman–Crippen LogP) is 4.81. The molecule has 0 radical (unpaired) electrons. The van der Waals surface area contributed by atoms with Crippen molar-refractivity contribution in [1.82, 2.24) is 4.57 Å². The Morgan fingerprint density at radius 1 is 1.00 bits per heavy atom. The molecule has 1 aromatic heterocycles. The molecule has 0 saturated heterocycles. The van der Waals surface area contributed by atoms with Gasteiger partial charge in [-0.15, -0.1) is 0 Å². The van der Waals surface area contributed by atoms with Crippen LogP contribution in [-0.2, 0) is 11.3 Å². The molecule has 0 saturated carbocycles. The predicted molar refractivity (Wildman–Crippen MR) is 92.4 cm³/mol. The van der Waals surface area contributed by atoms with E-state index in [2.05, 4.69) is 37.2 Å². The van der Waals surface area contributed by atoms with Crippen LogP contribution < -0.4 is 5.32 Å². The minimum absolute atomic E-state index is 0.0438. The fourth-order valence-electron chi connectivity index (χ4n) is 2.20. The largest absolute Gasteiger partial charge is 0.338 e. The standard InChI is InChI=1S/C16H12Br2N2O/c17-12-1-4-14(5-2-12)19-16(21)10-20-8-7-11-9-13(18)3-6-15(11)20/h1-9H,10H2,(H,19,21). The fraction of sp³-hybridized carbons (Fsp3) is 0.0625. The van der Waals surface area contributed by atoms with Gasteiger partial charge < -0.3 is 9.88 Å². The van der Waals surface area contributed by atoms with Crippen LogP contribution in [0.1, 0.15) is 0 Å². The number of aromatic nitrogens is 1. The van der Waals surface area contributed by atoms with E-state index >= 15 is 0 Å². The van der Waals surface area contributed by atoms with Gasteiger partial charge in [0.2, 0.25) is 5.91 Å². The van der Waals surface area contributed by atoms with Gasteiger partial charge in [-0.3, -0.25) is 4.79 Å². The van der Waals surface area contributed by atoms with Gasteiger partial charge in [-0.05, 0) is 48.5 Å². The Balaban J connectivity index is 1.75. The van der Waals surface area contributed by atoms with Gasteiger partial charge in [-0.2, -0.15) is 0 Å². The average molecular weight is 408 g/mol. The number of anilines is 1. The summed E-state index contributed by atoms with van der Waals surface area (Å²) in [6.07, 6.45) is 1.93. The molecule has 2 aromatic carbocycles. The van der Waals surface area contributed by atoms with Crippen molar-refractivity contribution >= 4 is 54.4 Å². The molecule has 3 aromatic rings. The maximum atomic E-state index is 12.1. The smallest absolute Gasteiger partial charge is 0.244 e. The first-order chi connectivity index (χ1) is 10.1. The number of amides is 1. The van der Waals surface area contributed by atoms with Gasteiger partial charge >= 0.3 is 0 Å². The van der Waals surface area contributed by atoms with Crippen LogP contribution in [0.3, 0.4) is 0 Å². The highest BCUT2D eigenvalue weighted by Crippen LogP contribution is 2.21. The molecule has 0 atom stereocenters. The number of carbonyl (C=O) groups excluding carboxylic acids is 1. The van der Waals surface area contributed by atoms with Crippen LogP contribution in [0.2, 0.25) is 0 Å². The Kier molecular flexibility index (Phi) is 4.12. The first-order valence-electron chi connectivity index (χ1n) is 6.42. The van der Waals surface area contributed by atoms with Crippen molar-refractivity contribution in [3.63, 3.8) is 0 Å². The lowest BCUT2D eigenvalue weighted by atomic mass is 10.2. The molecule has 1 N–H and O–H groups in total. The lowest BCUT2D eigenvalue weighted by Gasteiger charge is -2.07. The van der Waals surface area contributed by atoms with E-state index in [1.54, 1.807) is 0 Å². The van der Waals surface area contributed by atoms with Crippen LogP contribution in [0.5, 0.6) is 0 Å². The summed E-state index contributed by atoms with van der Waals surface area (Å²) in [5, 5.41) is 4.01. The van der Waals surface area contributed by atoms with Gasteiger partial charge in [0.15, 0.2) is 0 Å². The average Bonchev–Trinajstić information content (AvgIpc) is 2.83. The first-order valence-corrected chi connectivity index (χ1v) is 8.00. The fourth-order valence-corrected chi connectivity index (χ4v) is 2.84. The van der Waals surface area contributed by atoms with Gasteiger partial charge in [0, 0.05) is 31.7 Å². The summed E-state index contributed by atoms with van der Waals surface area (Å²) in [7, 11) is 0. The number of hydrogen-bond donors (Lipinski definition) is 1. The number of hydrogen-bond acceptors (Lipinski definition) is 1. The summed E-state index contributed by atoms with van der Waals surface area (Å²) in [5.41, 5.74) is 1.84. The molecule has 0 aliphatic heterocycles. The number of carbonyl (C=O) groups is 1. The molecule has 5 heteroatoms. The Morgan fingerprint density at radius 2 is 1.71 bits per heavy atom. The highest BCUT2D eigenvalue weighted by atomic mass is 79.9. The van der Waals surface area contributed by atoms with Crippen molar-refractivity contribution in [2.75, 3.05) is 5.32 Å². The SMILES string of the molecule is O=C(Cn1ccc2cc(Br)ccc21)Nc1ccc(Br)cc1. The zero-order chi connectivity index (χ0) is 14.8. The monoisotopic (exact) mass is 406 g/mol. The van der Waals surface area contributed by atoms with Gasteiger partial charge in [-0.1, -0.05) is 31.9 Å². The highest BCUT2D eigenvalue weighted by Gasteiger charge is 2.07. The Hall–Kier alpha value is -1.59. The molecule has 0 bridgehead atoms. The summed E-state index contributed by atoms with van der Waals surface area (Å²) in [6.45, 7) is 0.293. The van der Waals surface area contributed by atoms with E-state index in [0.717, 1.165) is 25.5 Å². The number of benzene rings is 2. The molecule has 1 heterocycles. The molecule has 0 fully saturated rings. The molecular weight excluding hydrogens is 396 g/mol. The van der Waals surface area contributed by atoms with E-state index < -0.39 is 0 Å². The van der Waals surface area contributed by atoms with Crippen molar-refractivity contribution in [3.8, 4) is 0 Å². The van der Waals surface area contributed by atoms with Crippen LogP contribution in [0.25, 0.3) is 10.9 Å². The zero-order valence-electron chi connectivity index (χ0n) is 11.0. The third-order valence-electron chi connectivity index (χ3n) is 3.17. The van der Waals surface area contributed by atoms with Crippen LogP contribution in [0, 0.1) is 0 Å². The van der Waals surface area contributed by atoms with E-state index in [1.807, 2.05) is 59.3 Å². The molecule has 106 valence electrons. The Bertz CT molecular complexity index is 794. The Labute approximate surface area is 139 Å². The van der Waals surface area contributed by atoms with E-state index in [4.69, 9.17) is 0 Å². The molecular formula is C16H12Br2N2O. The maximum Gasteiger partial charge on any atom is 0.244 e. The van der Waals surface area contributed by atoms with E-state index in [-0.39, 0.29) is 5.91 Å². The van der Waals surface area contributed by atoms with Gasteiger partial charge in [0.05, 0.1) is 0 Å². The van der Waals surface area contributed by atoms with Crippen molar-refractivity contribution in [2.45, 2.75) is 6.54 Å². The summed E-state index contributed by atoms with van der Waals surface area (Å²) in [6, 6.07) is 15.6. The summed E-state index contributed by atoms with van der Waals surface area (Å²) < 4.78 is 3.96. The number of nitrogens with one attached hydrogen (secondary N) is 1. The lowest BCUT2D eigenvalue weighted by molar-refractivity contribution is -0.116. The molecule has 21 heavy (non-hydrogen) atoms. The maximum absolute atomic E-state index is 12.1. The van der Waals surface area contributed by atoms with Crippen LogP contribution in [0.4, 0.5) is 5.69 Å². The highest BCUT2D eigenvalue weighted by molar-refractivity contribution is 9.10. The van der Waals surface area contributed by atoms with Crippen LogP contribution in [0.15, 0.2) is 63.7 Å². The second-order valence-corrected chi connectivity index (χ2v) is 6.53. The molecule has 3 rings (SSSR count). The summed E-state index contributed by atoms with van der Waals surface area (Å²) >= 11 is 6.82. The third kappa shape index (κ3) is 3.36. The summed E-state index contributed by atoms with van der Waals surface area (Å²) in [4.78, 5) is 12.1. The normalized spacial score (nSPS) is 10.8. The quantitative estimate of drug-likeness (QED) is 0.664. The summed E-state index contributed by atoms with van der Waals surface area (Å²) in [5.74, 6) is -0.0438.